The monoisotopic (exact) mass is 287 g/mol. The molecule has 7 nitrogen and oxygen atoms in total. The van der Waals surface area contributed by atoms with Crippen LogP contribution in [0.3, 0.4) is 0 Å². The van der Waals surface area contributed by atoms with E-state index in [0.717, 1.165) is 0 Å². The van der Waals surface area contributed by atoms with Gasteiger partial charge in [-0.2, -0.15) is 4.68 Å². The number of aromatic nitrogens is 4. The molecule has 0 aliphatic carbocycles. The number of rotatable bonds is 5. The molecule has 0 saturated carbocycles. The van der Waals surface area contributed by atoms with E-state index < -0.39 is 10.0 Å². The fourth-order valence-corrected chi connectivity index (χ4v) is 2.77. The summed E-state index contributed by atoms with van der Waals surface area (Å²) in [7, 11) is -3.46. The lowest BCUT2D eigenvalue weighted by Gasteiger charge is -2.10. The number of para-hydroxylation sites is 2. The van der Waals surface area contributed by atoms with Gasteiger partial charge in [0.15, 0.2) is 0 Å². The summed E-state index contributed by atoms with van der Waals surface area (Å²) in [4.78, 5) is 0. The van der Waals surface area contributed by atoms with Crippen LogP contribution in [0.5, 0.6) is 0 Å². The Morgan fingerprint density at radius 3 is 2.78 bits per heavy atom. The molecule has 0 atom stereocenters. The van der Waals surface area contributed by atoms with Crippen molar-refractivity contribution in [3.63, 3.8) is 0 Å². The summed E-state index contributed by atoms with van der Waals surface area (Å²) in [6, 6.07) is 6.81. The van der Waals surface area contributed by atoms with Crippen molar-refractivity contribution in [3.05, 3.63) is 30.6 Å². The number of anilines is 1. The first kappa shape index (κ1) is 12.8. The number of sulfonamides is 1. The summed E-state index contributed by atoms with van der Waals surface area (Å²) in [5.41, 5.74) is 0.940. The molecule has 0 saturated heterocycles. The molecule has 18 heavy (non-hydrogen) atoms. The van der Waals surface area contributed by atoms with Crippen molar-refractivity contribution in [2.24, 2.45) is 0 Å². The van der Waals surface area contributed by atoms with Crippen molar-refractivity contribution in [2.75, 3.05) is 16.4 Å². The first-order chi connectivity index (χ1) is 8.62. The molecule has 2 aromatic rings. The van der Waals surface area contributed by atoms with Crippen molar-refractivity contribution in [3.8, 4) is 5.69 Å². The van der Waals surface area contributed by atoms with E-state index in [-0.39, 0.29) is 11.6 Å². The molecule has 9 heteroatoms. The molecule has 0 bridgehead atoms. The van der Waals surface area contributed by atoms with Crippen LogP contribution < -0.4 is 4.72 Å². The third kappa shape index (κ3) is 2.96. The van der Waals surface area contributed by atoms with Crippen LogP contribution in [0.25, 0.3) is 5.69 Å². The predicted octanol–water partition coefficient (Wildman–Crippen LogP) is 0.643. The van der Waals surface area contributed by atoms with Crippen LogP contribution >= 0.6 is 11.6 Å². The Hall–Kier alpha value is -1.67. The summed E-state index contributed by atoms with van der Waals surface area (Å²) >= 11 is 5.43. The van der Waals surface area contributed by atoms with E-state index in [4.69, 9.17) is 11.6 Å². The molecular weight excluding hydrogens is 278 g/mol. The molecular formula is C9H10ClN5O2S. The molecule has 0 spiro atoms. The quantitative estimate of drug-likeness (QED) is 0.815. The van der Waals surface area contributed by atoms with Gasteiger partial charge in [0, 0.05) is 5.88 Å². The number of nitrogens with one attached hydrogen (secondary N) is 1. The standard InChI is InChI=1S/C9H10ClN5O2S/c10-5-6-18(16,17)12-8-3-1-2-4-9(8)15-7-11-13-14-15/h1-4,7,12H,5-6H2. The van der Waals surface area contributed by atoms with Crippen LogP contribution in [0, 0.1) is 0 Å². The second-order valence-electron chi connectivity index (χ2n) is 3.38. The number of benzene rings is 1. The predicted molar refractivity (Wildman–Crippen MR) is 67.3 cm³/mol. The maximum Gasteiger partial charge on any atom is 0.233 e. The zero-order chi connectivity index (χ0) is 13.0. The lowest BCUT2D eigenvalue weighted by Crippen LogP contribution is -2.18. The molecule has 0 aliphatic heterocycles. The summed E-state index contributed by atoms with van der Waals surface area (Å²) in [6.07, 6.45) is 1.38. The topological polar surface area (TPSA) is 89.8 Å². The van der Waals surface area contributed by atoms with Crippen LogP contribution in [-0.4, -0.2) is 40.3 Å². The van der Waals surface area contributed by atoms with E-state index in [0.29, 0.717) is 11.4 Å². The van der Waals surface area contributed by atoms with Crippen molar-refractivity contribution in [1.82, 2.24) is 20.2 Å². The SMILES string of the molecule is O=S(=O)(CCCl)Nc1ccccc1-n1cnnn1. The van der Waals surface area contributed by atoms with E-state index in [1.807, 2.05) is 0 Å². The van der Waals surface area contributed by atoms with Crippen molar-refractivity contribution < 1.29 is 8.42 Å². The van der Waals surface area contributed by atoms with E-state index in [9.17, 15) is 8.42 Å². The molecule has 1 heterocycles. The van der Waals surface area contributed by atoms with Crippen LogP contribution in [0.15, 0.2) is 30.6 Å². The molecule has 2 rings (SSSR count). The van der Waals surface area contributed by atoms with Gasteiger partial charge >= 0.3 is 0 Å². The maximum atomic E-state index is 11.7. The summed E-state index contributed by atoms with van der Waals surface area (Å²) < 4.78 is 27.2. The van der Waals surface area contributed by atoms with Crippen LogP contribution in [0.4, 0.5) is 5.69 Å². The van der Waals surface area contributed by atoms with Gasteiger partial charge in [-0.25, -0.2) is 8.42 Å². The van der Waals surface area contributed by atoms with Gasteiger partial charge in [0.25, 0.3) is 0 Å². The first-order valence-electron chi connectivity index (χ1n) is 5.01. The lowest BCUT2D eigenvalue weighted by molar-refractivity contribution is 0.602. The Kier molecular flexibility index (Phi) is 3.78. The minimum atomic E-state index is -3.46. The van der Waals surface area contributed by atoms with Crippen LogP contribution in [0.1, 0.15) is 0 Å². The van der Waals surface area contributed by atoms with Gasteiger partial charge in [-0.1, -0.05) is 12.1 Å². The van der Waals surface area contributed by atoms with Gasteiger partial charge in [-0.3, -0.25) is 4.72 Å². The number of alkyl halides is 1. The second kappa shape index (κ2) is 5.32. The molecule has 1 N–H and O–H groups in total. The normalized spacial score (nSPS) is 11.4. The van der Waals surface area contributed by atoms with Gasteiger partial charge in [0.2, 0.25) is 10.0 Å². The van der Waals surface area contributed by atoms with Gasteiger partial charge in [0.1, 0.15) is 6.33 Å². The highest BCUT2D eigenvalue weighted by Gasteiger charge is 2.13. The average Bonchev–Trinajstić information content (AvgIpc) is 2.82. The Labute approximate surface area is 109 Å². The minimum Gasteiger partial charge on any atom is -0.281 e. The molecule has 0 aliphatic rings. The fourth-order valence-electron chi connectivity index (χ4n) is 1.35. The van der Waals surface area contributed by atoms with Crippen molar-refractivity contribution >= 4 is 27.3 Å². The minimum absolute atomic E-state index is 0.0301. The zero-order valence-electron chi connectivity index (χ0n) is 9.19. The van der Waals surface area contributed by atoms with E-state index in [2.05, 4.69) is 20.2 Å². The van der Waals surface area contributed by atoms with Crippen LogP contribution in [-0.2, 0) is 10.0 Å². The zero-order valence-corrected chi connectivity index (χ0v) is 10.8. The maximum absolute atomic E-state index is 11.7. The molecule has 0 unspecified atom stereocenters. The Balaban J connectivity index is 2.35. The number of hydrogen-bond donors (Lipinski definition) is 1. The summed E-state index contributed by atoms with van der Waals surface area (Å²) in [6.45, 7) is 0. The molecule has 0 amide bonds. The third-order valence-electron chi connectivity index (χ3n) is 2.11. The molecule has 1 aromatic heterocycles. The summed E-state index contributed by atoms with van der Waals surface area (Å²) in [5, 5.41) is 10.7. The largest absolute Gasteiger partial charge is 0.281 e. The Morgan fingerprint density at radius 1 is 1.33 bits per heavy atom. The fraction of sp³-hybridized carbons (Fsp3) is 0.222. The molecule has 96 valence electrons. The molecule has 0 fully saturated rings. The number of halogens is 1. The van der Waals surface area contributed by atoms with Crippen LogP contribution in [0.2, 0.25) is 0 Å². The van der Waals surface area contributed by atoms with Gasteiger partial charge < -0.3 is 0 Å². The van der Waals surface area contributed by atoms with Gasteiger partial charge in [0.05, 0.1) is 17.1 Å². The average molecular weight is 288 g/mol. The highest BCUT2D eigenvalue weighted by molar-refractivity contribution is 7.92. The van der Waals surface area contributed by atoms with Gasteiger partial charge in [-0.05, 0) is 22.6 Å². The highest BCUT2D eigenvalue weighted by atomic mass is 35.5. The smallest absolute Gasteiger partial charge is 0.233 e. The first-order valence-corrected chi connectivity index (χ1v) is 7.20. The Morgan fingerprint density at radius 2 is 2.11 bits per heavy atom. The van der Waals surface area contributed by atoms with Gasteiger partial charge in [-0.15, -0.1) is 16.7 Å². The van der Waals surface area contributed by atoms with E-state index in [1.54, 1.807) is 24.3 Å². The molecule has 0 radical (unpaired) electrons. The lowest BCUT2D eigenvalue weighted by atomic mass is 10.3. The number of nitrogens with zero attached hydrogens (tertiary/aromatic N) is 4. The summed E-state index contributed by atoms with van der Waals surface area (Å²) in [5.74, 6) is -0.124. The van der Waals surface area contributed by atoms with E-state index in [1.165, 1.54) is 11.0 Å². The molecule has 1 aromatic carbocycles. The van der Waals surface area contributed by atoms with Crippen molar-refractivity contribution in [2.45, 2.75) is 0 Å². The van der Waals surface area contributed by atoms with E-state index >= 15 is 0 Å². The van der Waals surface area contributed by atoms with Crippen molar-refractivity contribution in [1.29, 1.82) is 0 Å². The number of tetrazole rings is 1. The highest BCUT2D eigenvalue weighted by Crippen LogP contribution is 2.19. The number of hydrogen-bond acceptors (Lipinski definition) is 5. The third-order valence-corrected chi connectivity index (χ3v) is 3.80. The second-order valence-corrected chi connectivity index (χ2v) is 5.60. The Bertz CT molecular complexity index is 614.